The van der Waals surface area contributed by atoms with Gasteiger partial charge in [0.2, 0.25) is 0 Å². The van der Waals surface area contributed by atoms with Gasteiger partial charge in [0.05, 0.1) is 24.9 Å². The predicted octanol–water partition coefficient (Wildman–Crippen LogP) is 3.56. The number of rotatable bonds is 2. The molecule has 0 aromatic carbocycles. The lowest BCUT2D eigenvalue weighted by Gasteiger charge is -2.12. The van der Waals surface area contributed by atoms with Gasteiger partial charge in [0.25, 0.3) is 0 Å². The Hall–Kier alpha value is -0.450. The number of carbonyl (C=O) groups excluding carboxylic acids is 1. The second-order valence-electron chi connectivity index (χ2n) is 6.44. The first-order valence-electron chi connectivity index (χ1n) is 7.70. The number of aliphatic hydroxyl groups excluding tert-OH is 1. The van der Waals surface area contributed by atoms with E-state index in [0.717, 1.165) is 6.29 Å². The quantitative estimate of drug-likeness (QED) is 0.791. The number of aliphatic hydroxyl groups is 1. The van der Waals surface area contributed by atoms with Crippen LogP contribution in [-0.4, -0.2) is 42.4 Å². The highest BCUT2D eigenvalue weighted by molar-refractivity contribution is 5.57. The summed E-state index contributed by atoms with van der Waals surface area (Å²) in [4.78, 5) is 10.4. The standard InChI is InChI=1S/C8H16O2.C8H14O2.2CH4/c2*1-5-6(2)8(4-9)10-7(5)3;;/h5-9H,4H2,1-3H3;4-8H,1-3H3;2*1H4/t2*5?,6-,7+,8-;;/m11../s1. The van der Waals surface area contributed by atoms with Gasteiger partial charge in [-0.1, -0.05) is 42.5 Å². The van der Waals surface area contributed by atoms with E-state index in [1.54, 1.807) is 0 Å². The van der Waals surface area contributed by atoms with Crippen LogP contribution in [0, 0.1) is 23.7 Å². The maximum absolute atomic E-state index is 10.4. The molecule has 0 bridgehead atoms. The van der Waals surface area contributed by atoms with Crippen LogP contribution in [0.2, 0.25) is 0 Å². The Morgan fingerprint density at radius 1 is 0.818 bits per heavy atom. The molecule has 2 saturated heterocycles. The van der Waals surface area contributed by atoms with Crippen molar-refractivity contribution in [3.63, 3.8) is 0 Å². The molecule has 0 spiro atoms. The zero-order valence-corrected chi connectivity index (χ0v) is 13.6. The molecular weight excluding hydrogens is 280 g/mol. The molecule has 134 valence electrons. The summed E-state index contributed by atoms with van der Waals surface area (Å²) in [5.41, 5.74) is 0. The van der Waals surface area contributed by atoms with Gasteiger partial charge < -0.3 is 19.4 Å². The molecule has 0 saturated carbocycles. The van der Waals surface area contributed by atoms with Crippen molar-refractivity contribution in [3.8, 4) is 0 Å². The largest absolute Gasteiger partial charge is 0.394 e. The first kappa shape index (κ1) is 23.8. The molecule has 2 aliphatic heterocycles. The van der Waals surface area contributed by atoms with Crippen LogP contribution in [0.1, 0.15) is 56.4 Å². The van der Waals surface area contributed by atoms with Crippen molar-refractivity contribution in [3.05, 3.63) is 0 Å². The number of hydrogen-bond acceptors (Lipinski definition) is 4. The molecule has 2 aliphatic rings. The molecular formula is C18H38O4. The van der Waals surface area contributed by atoms with E-state index in [2.05, 4.69) is 34.6 Å². The highest BCUT2D eigenvalue weighted by Gasteiger charge is 2.36. The smallest absolute Gasteiger partial charge is 0.149 e. The van der Waals surface area contributed by atoms with Crippen molar-refractivity contribution in [1.29, 1.82) is 0 Å². The number of ether oxygens (including phenoxy) is 2. The molecule has 0 amide bonds. The minimum absolute atomic E-state index is 0. The first-order valence-corrected chi connectivity index (χ1v) is 7.70. The van der Waals surface area contributed by atoms with E-state index in [1.807, 2.05) is 6.92 Å². The molecule has 0 aromatic rings. The number of hydrogen-bond donors (Lipinski definition) is 1. The maximum atomic E-state index is 10.4. The fraction of sp³-hybridized carbons (Fsp3) is 0.944. The van der Waals surface area contributed by atoms with E-state index >= 15 is 0 Å². The van der Waals surface area contributed by atoms with Crippen molar-refractivity contribution in [2.24, 2.45) is 23.7 Å². The molecule has 22 heavy (non-hydrogen) atoms. The molecule has 0 aliphatic carbocycles. The zero-order valence-electron chi connectivity index (χ0n) is 13.6. The monoisotopic (exact) mass is 318 g/mol. The Morgan fingerprint density at radius 3 is 1.45 bits per heavy atom. The van der Waals surface area contributed by atoms with Gasteiger partial charge in [0.1, 0.15) is 12.4 Å². The third-order valence-electron chi connectivity index (χ3n) is 5.32. The number of aldehydes is 1. The molecule has 2 fully saturated rings. The van der Waals surface area contributed by atoms with Crippen molar-refractivity contribution >= 4 is 6.29 Å². The molecule has 0 aromatic heterocycles. The average Bonchev–Trinajstić information content (AvgIpc) is 2.84. The fourth-order valence-corrected chi connectivity index (χ4v) is 2.88. The minimum Gasteiger partial charge on any atom is -0.394 e. The average molecular weight is 318 g/mol. The van der Waals surface area contributed by atoms with Gasteiger partial charge in [-0.2, -0.15) is 0 Å². The topological polar surface area (TPSA) is 55.8 Å². The molecule has 0 radical (unpaired) electrons. The summed E-state index contributed by atoms with van der Waals surface area (Å²) in [7, 11) is 0. The van der Waals surface area contributed by atoms with E-state index in [-0.39, 0.29) is 39.8 Å². The summed E-state index contributed by atoms with van der Waals surface area (Å²) in [6, 6.07) is 0. The molecule has 2 unspecified atom stereocenters. The Balaban J connectivity index is 0. The third kappa shape index (κ3) is 5.32. The van der Waals surface area contributed by atoms with Crippen LogP contribution in [0.25, 0.3) is 0 Å². The Kier molecular flexibility index (Phi) is 11.2. The van der Waals surface area contributed by atoms with Crippen LogP contribution in [0.5, 0.6) is 0 Å². The van der Waals surface area contributed by atoms with Crippen molar-refractivity contribution < 1.29 is 19.4 Å². The SMILES string of the molecule is C.C.CC1[C@H](C)O[C@H](C=O)[C@@H]1C.CC1[C@H](C)O[C@H](CO)[C@@H]1C. The number of carbonyl (C=O) groups is 1. The van der Waals surface area contributed by atoms with E-state index < -0.39 is 0 Å². The van der Waals surface area contributed by atoms with E-state index in [0.29, 0.717) is 29.8 Å². The van der Waals surface area contributed by atoms with Crippen molar-refractivity contribution in [1.82, 2.24) is 0 Å². The lowest BCUT2D eigenvalue weighted by atomic mass is 9.91. The second-order valence-corrected chi connectivity index (χ2v) is 6.44. The second kappa shape index (κ2) is 10.3. The van der Waals surface area contributed by atoms with Crippen molar-refractivity contribution in [2.45, 2.75) is 80.8 Å². The summed E-state index contributed by atoms with van der Waals surface area (Å²) in [6.07, 6.45) is 1.37. The highest BCUT2D eigenvalue weighted by Crippen LogP contribution is 2.31. The fourth-order valence-electron chi connectivity index (χ4n) is 2.88. The van der Waals surface area contributed by atoms with Gasteiger partial charge in [-0.3, -0.25) is 0 Å². The molecule has 4 heteroatoms. The van der Waals surface area contributed by atoms with Crippen LogP contribution >= 0.6 is 0 Å². The molecule has 4 nitrogen and oxygen atoms in total. The van der Waals surface area contributed by atoms with Crippen LogP contribution < -0.4 is 0 Å². The summed E-state index contributed by atoms with van der Waals surface area (Å²) >= 11 is 0. The summed E-state index contributed by atoms with van der Waals surface area (Å²) in [5.74, 6) is 1.97. The zero-order chi connectivity index (χ0) is 15.4. The highest BCUT2D eigenvalue weighted by atomic mass is 16.5. The van der Waals surface area contributed by atoms with Crippen molar-refractivity contribution in [2.75, 3.05) is 6.61 Å². The Labute approximate surface area is 137 Å². The van der Waals surface area contributed by atoms with Gasteiger partial charge >= 0.3 is 0 Å². The summed E-state index contributed by atoms with van der Waals surface area (Å²) < 4.78 is 10.9. The lowest BCUT2D eigenvalue weighted by molar-refractivity contribution is -0.118. The molecule has 2 rings (SSSR count). The van der Waals surface area contributed by atoms with Crippen LogP contribution in [0.4, 0.5) is 0 Å². The Bertz CT molecular complexity index is 307. The van der Waals surface area contributed by atoms with Crippen LogP contribution in [0.15, 0.2) is 0 Å². The van der Waals surface area contributed by atoms with Crippen LogP contribution in [-0.2, 0) is 14.3 Å². The lowest BCUT2D eigenvalue weighted by Crippen LogP contribution is -2.19. The first-order chi connectivity index (χ1) is 9.33. The van der Waals surface area contributed by atoms with E-state index in [1.165, 1.54) is 0 Å². The van der Waals surface area contributed by atoms with Gasteiger partial charge in [-0.05, 0) is 37.5 Å². The third-order valence-corrected chi connectivity index (χ3v) is 5.32. The molecule has 1 N–H and O–H groups in total. The maximum Gasteiger partial charge on any atom is 0.149 e. The van der Waals surface area contributed by atoms with Gasteiger partial charge in [0.15, 0.2) is 0 Å². The molecule has 2 heterocycles. The summed E-state index contributed by atoms with van der Waals surface area (Å²) in [6.45, 7) is 12.7. The molecule has 8 atom stereocenters. The van der Waals surface area contributed by atoms with Gasteiger partial charge in [-0.15, -0.1) is 0 Å². The predicted molar refractivity (Wildman–Crippen MR) is 91.9 cm³/mol. The Morgan fingerprint density at radius 2 is 1.27 bits per heavy atom. The van der Waals surface area contributed by atoms with Gasteiger partial charge in [0, 0.05) is 0 Å². The minimum atomic E-state index is -0.162. The van der Waals surface area contributed by atoms with E-state index in [4.69, 9.17) is 14.6 Å². The van der Waals surface area contributed by atoms with E-state index in [9.17, 15) is 4.79 Å². The van der Waals surface area contributed by atoms with Gasteiger partial charge in [-0.25, -0.2) is 0 Å². The normalized spacial score (nSPS) is 43.4. The van der Waals surface area contributed by atoms with Crippen LogP contribution in [0.3, 0.4) is 0 Å². The summed E-state index contributed by atoms with van der Waals surface area (Å²) in [5, 5.41) is 8.85.